The van der Waals surface area contributed by atoms with Crippen LogP contribution in [0.15, 0.2) is 23.5 Å². The molecule has 0 aromatic carbocycles. The number of nitrogens with zero attached hydrogens (tertiary/aromatic N) is 5. The zero-order valence-corrected chi connectivity index (χ0v) is 15.3. The van der Waals surface area contributed by atoms with Crippen LogP contribution in [0.1, 0.15) is 44.1 Å². The molecule has 2 aromatic rings. The summed E-state index contributed by atoms with van der Waals surface area (Å²) in [6.45, 7) is 8.72. The molecule has 2 aromatic heterocycles. The molecule has 8 heteroatoms. The molecule has 0 spiro atoms. The van der Waals surface area contributed by atoms with E-state index in [1.807, 2.05) is 13.1 Å². The third-order valence-electron chi connectivity index (χ3n) is 4.62. The van der Waals surface area contributed by atoms with Gasteiger partial charge in [-0.25, -0.2) is 13.4 Å². The second kappa shape index (κ2) is 6.68. The van der Waals surface area contributed by atoms with E-state index in [1.165, 1.54) is 6.20 Å². The Morgan fingerprint density at radius 3 is 2.75 bits per heavy atom. The van der Waals surface area contributed by atoms with Gasteiger partial charge in [0.2, 0.25) is 10.0 Å². The fraction of sp³-hybridized carbons (Fsp3) is 0.625. The molecule has 3 rings (SSSR count). The Morgan fingerprint density at radius 2 is 2.08 bits per heavy atom. The third-order valence-corrected chi connectivity index (χ3v) is 6.44. The Labute approximate surface area is 143 Å². The summed E-state index contributed by atoms with van der Waals surface area (Å²) in [5.74, 6) is 1.16. The van der Waals surface area contributed by atoms with Crippen molar-refractivity contribution < 1.29 is 8.42 Å². The van der Waals surface area contributed by atoms with Gasteiger partial charge in [0.25, 0.3) is 0 Å². The SMILES string of the molecule is CCCn1c(C)cnc1C1CCN(S(=O)(=O)c2cnn(CC)c2)C1. The lowest BCUT2D eigenvalue weighted by atomic mass is 10.1. The first-order chi connectivity index (χ1) is 11.5. The summed E-state index contributed by atoms with van der Waals surface area (Å²) in [4.78, 5) is 4.82. The van der Waals surface area contributed by atoms with E-state index in [2.05, 4.69) is 28.5 Å². The zero-order valence-electron chi connectivity index (χ0n) is 14.5. The van der Waals surface area contributed by atoms with Crippen molar-refractivity contribution in [1.82, 2.24) is 23.6 Å². The van der Waals surface area contributed by atoms with Crippen LogP contribution >= 0.6 is 0 Å². The van der Waals surface area contributed by atoms with Crippen LogP contribution in [0.25, 0.3) is 0 Å². The highest BCUT2D eigenvalue weighted by atomic mass is 32.2. The number of aromatic nitrogens is 4. The molecule has 0 amide bonds. The highest BCUT2D eigenvalue weighted by molar-refractivity contribution is 7.89. The Balaban J connectivity index is 1.80. The van der Waals surface area contributed by atoms with Gasteiger partial charge in [-0.15, -0.1) is 0 Å². The number of aryl methyl sites for hydroxylation is 2. The van der Waals surface area contributed by atoms with Crippen LogP contribution in [0.4, 0.5) is 0 Å². The second-order valence-corrected chi connectivity index (χ2v) is 8.23. The fourth-order valence-corrected chi connectivity index (χ4v) is 4.73. The molecular weight excluding hydrogens is 326 g/mol. The van der Waals surface area contributed by atoms with E-state index in [4.69, 9.17) is 0 Å². The number of sulfonamides is 1. The minimum Gasteiger partial charge on any atom is -0.332 e. The van der Waals surface area contributed by atoms with Crippen LogP contribution in [0.2, 0.25) is 0 Å². The van der Waals surface area contributed by atoms with E-state index in [-0.39, 0.29) is 10.8 Å². The summed E-state index contributed by atoms with van der Waals surface area (Å²) in [5.41, 5.74) is 1.14. The van der Waals surface area contributed by atoms with E-state index >= 15 is 0 Å². The van der Waals surface area contributed by atoms with Crippen LogP contribution in [0.5, 0.6) is 0 Å². The van der Waals surface area contributed by atoms with Gasteiger partial charge in [0.1, 0.15) is 10.7 Å². The minimum absolute atomic E-state index is 0.154. The highest BCUT2D eigenvalue weighted by Crippen LogP contribution is 2.31. The van der Waals surface area contributed by atoms with Crippen molar-refractivity contribution in [2.45, 2.75) is 57.5 Å². The maximum absolute atomic E-state index is 12.8. The molecule has 0 aliphatic carbocycles. The molecule has 0 radical (unpaired) electrons. The van der Waals surface area contributed by atoms with Gasteiger partial charge in [-0.2, -0.15) is 9.40 Å². The normalized spacial score (nSPS) is 19.2. The van der Waals surface area contributed by atoms with Gasteiger partial charge in [-0.1, -0.05) is 6.92 Å². The van der Waals surface area contributed by atoms with Crippen molar-refractivity contribution in [3.05, 3.63) is 30.1 Å². The topological polar surface area (TPSA) is 73.0 Å². The third kappa shape index (κ3) is 3.00. The van der Waals surface area contributed by atoms with Crippen molar-refractivity contribution in [3.8, 4) is 0 Å². The van der Waals surface area contributed by atoms with E-state index in [9.17, 15) is 8.42 Å². The van der Waals surface area contributed by atoms with Crippen molar-refractivity contribution in [3.63, 3.8) is 0 Å². The molecule has 1 saturated heterocycles. The predicted molar refractivity (Wildman–Crippen MR) is 91.3 cm³/mol. The molecule has 0 N–H and O–H groups in total. The van der Waals surface area contributed by atoms with E-state index < -0.39 is 10.0 Å². The lowest BCUT2D eigenvalue weighted by molar-refractivity contribution is 0.467. The van der Waals surface area contributed by atoms with Gasteiger partial charge in [-0.05, 0) is 26.7 Å². The molecule has 1 unspecified atom stereocenters. The fourth-order valence-electron chi connectivity index (χ4n) is 3.28. The predicted octanol–water partition coefficient (Wildman–Crippen LogP) is 2.00. The van der Waals surface area contributed by atoms with Gasteiger partial charge in [0.15, 0.2) is 0 Å². The Kier molecular flexibility index (Phi) is 4.78. The molecule has 1 fully saturated rings. The Bertz CT molecular complexity index is 808. The monoisotopic (exact) mass is 351 g/mol. The zero-order chi connectivity index (χ0) is 17.3. The average Bonchev–Trinajstić information content (AvgIpc) is 3.27. The standard InChI is InChI=1S/C16H25N5O2S/c1-4-7-21-13(3)9-17-16(21)14-6-8-20(11-14)24(22,23)15-10-18-19(5-2)12-15/h9-10,12,14H,4-8,11H2,1-3H3. The second-order valence-electron chi connectivity index (χ2n) is 6.29. The van der Waals surface area contributed by atoms with Crippen molar-refractivity contribution in [2.75, 3.05) is 13.1 Å². The summed E-state index contributed by atoms with van der Waals surface area (Å²) in [7, 11) is -3.47. The van der Waals surface area contributed by atoms with Gasteiger partial charge >= 0.3 is 0 Å². The molecule has 7 nitrogen and oxygen atoms in total. The van der Waals surface area contributed by atoms with Crippen LogP contribution in [0.3, 0.4) is 0 Å². The van der Waals surface area contributed by atoms with Crippen molar-refractivity contribution in [2.24, 2.45) is 0 Å². The van der Waals surface area contributed by atoms with Crippen LogP contribution in [-0.2, 0) is 23.1 Å². The van der Waals surface area contributed by atoms with E-state index in [0.717, 1.165) is 30.9 Å². The van der Waals surface area contributed by atoms with Gasteiger partial charge < -0.3 is 4.57 Å². The maximum Gasteiger partial charge on any atom is 0.246 e. The molecule has 3 heterocycles. The average molecular weight is 351 g/mol. The van der Waals surface area contributed by atoms with E-state index in [1.54, 1.807) is 15.2 Å². The van der Waals surface area contributed by atoms with Gasteiger partial charge in [-0.3, -0.25) is 4.68 Å². The Morgan fingerprint density at radius 1 is 1.29 bits per heavy atom. The van der Waals surface area contributed by atoms with Crippen molar-refractivity contribution >= 4 is 10.0 Å². The van der Waals surface area contributed by atoms with Crippen LogP contribution in [-0.4, -0.2) is 45.1 Å². The minimum atomic E-state index is -3.47. The highest BCUT2D eigenvalue weighted by Gasteiger charge is 2.35. The Hall–Kier alpha value is -1.67. The number of hydrogen-bond acceptors (Lipinski definition) is 4. The quantitative estimate of drug-likeness (QED) is 0.798. The molecule has 1 aliphatic heterocycles. The summed E-state index contributed by atoms with van der Waals surface area (Å²) < 4.78 is 31.0. The molecule has 0 bridgehead atoms. The molecular formula is C16H25N5O2S. The van der Waals surface area contributed by atoms with Crippen molar-refractivity contribution in [1.29, 1.82) is 0 Å². The first kappa shape index (κ1) is 17.2. The van der Waals surface area contributed by atoms with Crippen LogP contribution in [0, 0.1) is 6.92 Å². The first-order valence-electron chi connectivity index (χ1n) is 8.52. The van der Waals surface area contributed by atoms with Crippen LogP contribution < -0.4 is 0 Å². The maximum atomic E-state index is 12.8. The molecule has 132 valence electrons. The molecule has 1 atom stereocenters. The lowest BCUT2D eigenvalue weighted by Crippen LogP contribution is -2.28. The molecule has 24 heavy (non-hydrogen) atoms. The smallest absolute Gasteiger partial charge is 0.246 e. The first-order valence-corrected chi connectivity index (χ1v) is 9.96. The summed E-state index contributed by atoms with van der Waals surface area (Å²) >= 11 is 0. The molecule has 1 aliphatic rings. The summed E-state index contributed by atoms with van der Waals surface area (Å²) in [5, 5.41) is 4.09. The van der Waals surface area contributed by atoms with Gasteiger partial charge in [0.05, 0.1) is 6.20 Å². The summed E-state index contributed by atoms with van der Waals surface area (Å²) in [6.07, 6.45) is 6.77. The van der Waals surface area contributed by atoms with Gasteiger partial charge in [0, 0.05) is 50.2 Å². The number of rotatable bonds is 6. The van der Waals surface area contributed by atoms with E-state index in [0.29, 0.717) is 19.6 Å². The largest absolute Gasteiger partial charge is 0.332 e. The lowest BCUT2D eigenvalue weighted by Gasteiger charge is -2.16. The number of hydrogen-bond donors (Lipinski definition) is 0. The number of imidazole rings is 1. The summed E-state index contributed by atoms with van der Waals surface area (Å²) in [6, 6.07) is 0. The molecule has 0 saturated carbocycles.